The maximum Gasteiger partial charge on any atom is 0.173 e. The molecule has 2 aromatic heterocycles. The zero-order chi connectivity index (χ0) is 14.1. The Kier molecular flexibility index (Phi) is 2.84. The summed E-state index contributed by atoms with van der Waals surface area (Å²) in [6, 6.07) is 11.7. The standard InChI is InChI=1S/C15H12N4O/c1-10-13(9-16)15-17-8-7-14(19(15)18-10)11-3-5-12(20-2)6-4-11/h3-8H,1-2H3. The van der Waals surface area contributed by atoms with E-state index in [4.69, 9.17) is 4.74 Å². The van der Waals surface area contributed by atoms with Gasteiger partial charge in [-0.1, -0.05) is 0 Å². The largest absolute Gasteiger partial charge is 0.497 e. The van der Waals surface area contributed by atoms with Crippen molar-refractivity contribution < 1.29 is 4.74 Å². The van der Waals surface area contributed by atoms with Crippen LogP contribution in [0.1, 0.15) is 11.3 Å². The molecule has 0 unspecified atom stereocenters. The summed E-state index contributed by atoms with van der Waals surface area (Å²) in [6.45, 7) is 1.81. The van der Waals surface area contributed by atoms with Crippen LogP contribution in [0.15, 0.2) is 36.5 Å². The molecule has 0 N–H and O–H groups in total. The number of fused-ring (bicyclic) bond motifs is 1. The monoisotopic (exact) mass is 264 g/mol. The molecule has 98 valence electrons. The fourth-order valence-corrected chi connectivity index (χ4v) is 2.16. The second-order valence-corrected chi connectivity index (χ2v) is 4.37. The first-order valence-electron chi connectivity index (χ1n) is 6.13. The van der Waals surface area contributed by atoms with Gasteiger partial charge in [0, 0.05) is 11.8 Å². The number of ether oxygens (including phenoxy) is 1. The van der Waals surface area contributed by atoms with Crippen LogP contribution in [0, 0.1) is 18.3 Å². The van der Waals surface area contributed by atoms with Crippen molar-refractivity contribution in [2.75, 3.05) is 7.11 Å². The lowest BCUT2D eigenvalue weighted by Crippen LogP contribution is -1.96. The molecule has 3 rings (SSSR count). The second-order valence-electron chi connectivity index (χ2n) is 4.37. The molecule has 0 aliphatic heterocycles. The highest BCUT2D eigenvalue weighted by Gasteiger charge is 2.13. The molecule has 0 spiro atoms. The highest BCUT2D eigenvalue weighted by molar-refractivity contribution is 5.67. The zero-order valence-electron chi connectivity index (χ0n) is 11.2. The molecule has 0 bridgehead atoms. The topological polar surface area (TPSA) is 63.2 Å². The quantitative estimate of drug-likeness (QED) is 0.713. The zero-order valence-corrected chi connectivity index (χ0v) is 11.2. The van der Waals surface area contributed by atoms with E-state index in [9.17, 15) is 5.26 Å². The van der Waals surface area contributed by atoms with Crippen molar-refractivity contribution in [1.82, 2.24) is 14.6 Å². The summed E-state index contributed by atoms with van der Waals surface area (Å²) in [5.41, 5.74) is 3.66. The molecule has 0 aliphatic rings. The van der Waals surface area contributed by atoms with Crippen molar-refractivity contribution in [2.24, 2.45) is 0 Å². The lowest BCUT2D eigenvalue weighted by atomic mass is 10.1. The van der Waals surface area contributed by atoms with Gasteiger partial charge < -0.3 is 4.74 Å². The molecule has 0 radical (unpaired) electrons. The number of hydrogen-bond donors (Lipinski definition) is 0. The molecule has 0 fully saturated rings. The van der Waals surface area contributed by atoms with Crippen LogP contribution < -0.4 is 4.74 Å². The average Bonchev–Trinajstić information content (AvgIpc) is 2.82. The minimum atomic E-state index is 0.514. The molecule has 5 nitrogen and oxygen atoms in total. The van der Waals surface area contributed by atoms with Gasteiger partial charge in [0.1, 0.15) is 17.4 Å². The van der Waals surface area contributed by atoms with Gasteiger partial charge in [-0.2, -0.15) is 10.4 Å². The number of hydrogen-bond acceptors (Lipinski definition) is 4. The lowest BCUT2D eigenvalue weighted by molar-refractivity contribution is 0.415. The third-order valence-electron chi connectivity index (χ3n) is 3.19. The van der Waals surface area contributed by atoms with Gasteiger partial charge in [0.05, 0.1) is 18.5 Å². The molecule has 2 heterocycles. The Hall–Kier alpha value is -2.87. The van der Waals surface area contributed by atoms with Gasteiger partial charge in [-0.25, -0.2) is 9.50 Å². The predicted molar refractivity (Wildman–Crippen MR) is 74.4 cm³/mol. The van der Waals surface area contributed by atoms with Crippen LogP contribution in [0.5, 0.6) is 5.75 Å². The Morgan fingerprint density at radius 1 is 1.20 bits per heavy atom. The first kappa shape index (κ1) is 12.2. The Morgan fingerprint density at radius 3 is 2.60 bits per heavy atom. The summed E-state index contributed by atoms with van der Waals surface area (Å²) in [6.07, 6.45) is 1.69. The van der Waals surface area contributed by atoms with E-state index in [0.717, 1.165) is 17.0 Å². The van der Waals surface area contributed by atoms with Gasteiger partial charge in [0.25, 0.3) is 0 Å². The molecule has 3 aromatic rings. The SMILES string of the molecule is COc1ccc(-c2ccnc3c(C#N)c(C)nn23)cc1. The van der Waals surface area contributed by atoms with E-state index in [2.05, 4.69) is 16.2 Å². The molecule has 20 heavy (non-hydrogen) atoms. The van der Waals surface area contributed by atoms with Crippen molar-refractivity contribution in [1.29, 1.82) is 5.26 Å². The fraction of sp³-hybridized carbons (Fsp3) is 0.133. The summed E-state index contributed by atoms with van der Waals surface area (Å²) in [4.78, 5) is 4.25. The third-order valence-corrected chi connectivity index (χ3v) is 3.19. The summed E-state index contributed by atoms with van der Waals surface area (Å²) in [5, 5.41) is 13.6. The molecule has 0 amide bonds. The van der Waals surface area contributed by atoms with Crippen LogP contribution in [0.25, 0.3) is 16.9 Å². The van der Waals surface area contributed by atoms with Crippen molar-refractivity contribution in [2.45, 2.75) is 6.92 Å². The van der Waals surface area contributed by atoms with E-state index in [1.807, 2.05) is 37.3 Å². The number of aromatic nitrogens is 3. The summed E-state index contributed by atoms with van der Waals surface area (Å²) in [7, 11) is 1.63. The predicted octanol–water partition coefficient (Wildman–Crippen LogP) is 2.59. The van der Waals surface area contributed by atoms with Gasteiger partial charge >= 0.3 is 0 Å². The Labute approximate surface area is 116 Å². The molecule has 0 saturated carbocycles. The molecular formula is C15H12N4O. The van der Waals surface area contributed by atoms with Gasteiger partial charge in [-0.15, -0.1) is 0 Å². The number of benzene rings is 1. The first-order chi connectivity index (χ1) is 9.74. The summed E-state index contributed by atoms with van der Waals surface area (Å²) < 4.78 is 6.86. The highest BCUT2D eigenvalue weighted by Crippen LogP contribution is 2.24. The van der Waals surface area contributed by atoms with Gasteiger partial charge in [0.2, 0.25) is 0 Å². The lowest BCUT2D eigenvalue weighted by Gasteiger charge is -2.05. The Balaban J connectivity index is 2.23. The number of nitrogens with zero attached hydrogens (tertiary/aromatic N) is 4. The van der Waals surface area contributed by atoms with Crippen LogP contribution in [0.4, 0.5) is 0 Å². The molecular weight excluding hydrogens is 252 g/mol. The second kappa shape index (κ2) is 4.67. The van der Waals surface area contributed by atoms with Crippen molar-refractivity contribution in [3.05, 3.63) is 47.8 Å². The smallest absolute Gasteiger partial charge is 0.173 e. The number of methoxy groups -OCH3 is 1. The minimum absolute atomic E-state index is 0.514. The molecule has 5 heteroatoms. The first-order valence-corrected chi connectivity index (χ1v) is 6.13. The molecule has 1 aromatic carbocycles. The molecule has 0 aliphatic carbocycles. The highest BCUT2D eigenvalue weighted by atomic mass is 16.5. The van der Waals surface area contributed by atoms with Gasteiger partial charge in [-0.3, -0.25) is 0 Å². The van der Waals surface area contributed by atoms with Crippen LogP contribution >= 0.6 is 0 Å². The van der Waals surface area contributed by atoms with E-state index >= 15 is 0 Å². The van der Waals surface area contributed by atoms with Gasteiger partial charge in [-0.05, 0) is 37.3 Å². The summed E-state index contributed by atoms with van der Waals surface area (Å²) >= 11 is 0. The molecule has 0 atom stereocenters. The normalized spacial score (nSPS) is 10.4. The maximum absolute atomic E-state index is 9.18. The van der Waals surface area contributed by atoms with E-state index in [0.29, 0.717) is 16.9 Å². The van der Waals surface area contributed by atoms with Crippen LogP contribution in [-0.4, -0.2) is 21.7 Å². The average molecular weight is 264 g/mol. The number of aryl methyl sites for hydroxylation is 1. The van der Waals surface area contributed by atoms with Crippen LogP contribution in [0.2, 0.25) is 0 Å². The Morgan fingerprint density at radius 2 is 1.95 bits per heavy atom. The van der Waals surface area contributed by atoms with Gasteiger partial charge in [0.15, 0.2) is 5.65 Å². The van der Waals surface area contributed by atoms with Crippen LogP contribution in [-0.2, 0) is 0 Å². The number of nitriles is 1. The Bertz CT molecular complexity index is 812. The van der Waals surface area contributed by atoms with Crippen molar-refractivity contribution >= 4 is 5.65 Å². The van der Waals surface area contributed by atoms with E-state index in [1.165, 1.54) is 0 Å². The maximum atomic E-state index is 9.18. The molecule has 0 saturated heterocycles. The van der Waals surface area contributed by atoms with E-state index in [1.54, 1.807) is 17.8 Å². The summed E-state index contributed by atoms with van der Waals surface area (Å²) in [5.74, 6) is 0.799. The van der Waals surface area contributed by atoms with Crippen molar-refractivity contribution in [3.8, 4) is 23.1 Å². The van der Waals surface area contributed by atoms with Crippen molar-refractivity contribution in [3.63, 3.8) is 0 Å². The number of rotatable bonds is 2. The van der Waals surface area contributed by atoms with Crippen LogP contribution in [0.3, 0.4) is 0 Å². The van der Waals surface area contributed by atoms with E-state index < -0.39 is 0 Å². The fourth-order valence-electron chi connectivity index (χ4n) is 2.16. The third kappa shape index (κ3) is 1.79. The van der Waals surface area contributed by atoms with E-state index in [-0.39, 0.29) is 0 Å². The minimum Gasteiger partial charge on any atom is -0.497 e.